The van der Waals surface area contributed by atoms with Crippen LogP contribution in [0.2, 0.25) is 0 Å². The second kappa shape index (κ2) is 4.50. The zero-order chi connectivity index (χ0) is 11.0. The van der Waals surface area contributed by atoms with E-state index in [2.05, 4.69) is 18.2 Å². The number of fused-ring (bicyclic) bond motifs is 1. The summed E-state index contributed by atoms with van der Waals surface area (Å²) < 4.78 is 5.71. The van der Waals surface area contributed by atoms with Crippen LogP contribution in [-0.4, -0.2) is 23.5 Å². The smallest absolute Gasteiger partial charge is 0.122 e. The van der Waals surface area contributed by atoms with Gasteiger partial charge in [-0.2, -0.15) is 11.8 Å². The zero-order valence-corrected chi connectivity index (χ0v) is 10.6. The molecule has 0 saturated carbocycles. The first kappa shape index (κ1) is 10.8. The number of thioether (sulfide) groups is 1. The molecule has 0 N–H and O–H groups in total. The highest BCUT2D eigenvalue weighted by molar-refractivity contribution is 7.99. The Morgan fingerprint density at radius 1 is 1.31 bits per heavy atom. The number of alkyl halides is 1. The summed E-state index contributed by atoms with van der Waals surface area (Å²) in [5.74, 6) is 4.62. The maximum Gasteiger partial charge on any atom is 0.122 e. The number of hydrogen-bond donors (Lipinski definition) is 0. The van der Waals surface area contributed by atoms with Crippen LogP contribution in [0.4, 0.5) is 0 Å². The Kier molecular flexibility index (Phi) is 3.03. The molecule has 2 aliphatic heterocycles. The molecule has 3 rings (SSSR count). The van der Waals surface area contributed by atoms with Gasteiger partial charge >= 0.3 is 0 Å². The first-order chi connectivity index (χ1) is 7.84. The Morgan fingerprint density at radius 3 is 3.00 bits per heavy atom. The van der Waals surface area contributed by atoms with Crippen molar-refractivity contribution in [2.24, 2.45) is 5.92 Å². The molecule has 1 nitrogen and oxygen atoms in total. The van der Waals surface area contributed by atoms with Crippen molar-refractivity contribution < 1.29 is 4.74 Å². The number of halogens is 1. The lowest BCUT2D eigenvalue weighted by Gasteiger charge is -2.16. The summed E-state index contributed by atoms with van der Waals surface area (Å²) in [6.45, 7) is 0.837. The second-order valence-electron chi connectivity index (χ2n) is 4.59. The maximum absolute atomic E-state index is 6.32. The highest BCUT2D eigenvalue weighted by Crippen LogP contribution is 2.41. The first-order valence-electron chi connectivity index (χ1n) is 5.78. The fourth-order valence-electron chi connectivity index (χ4n) is 2.58. The first-order valence-corrected chi connectivity index (χ1v) is 7.37. The Labute approximate surface area is 106 Å². The summed E-state index contributed by atoms with van der Waals surface area (Å²) in [7, 11) is 0. The largest absolute Gasteiger partial charge is 0.493 e. The second-order valence-corrected chi connectivity index (χ2v) is 6.23. The molecule has 1 fully saturated rings. The summed E-state index contributed by atoms with van der Waals surface area (Å²) in [6, 6.07) is 8.40. The van der Waals surface area contributed by atoms with Crippen molar-refractivity contribution in [1.82, 2.24) is 0 Å². The van der Waals surface area contributed by atoms with Gasteiger partial charge < -0.3 is 4.74 Å². The number of ether oxygens (including phenoxy) is 1. The predicted molar refractivity (Wildman–Crippen MR) is 69.8 cm³/mol. The van der Waals surface area contributed by atoms with E-state index in [4.69, 9.17) is 16.3 Å². The van der Waals surface area contributed by atoms with Gasteiger partial charge in [0.25, 0.3) is 0 Å². The molecule has 0 spiro atoms. The van der Waals surface area contributed by atoms with Crippen molar-refractivity contribution in [3.8, 4) is 5.75 Å². The fraction of sp³-hybridized carbons (Fsp3) is 0.538. The highest BCUT2D eigenvalue weighted by atomic mass is 35.5. The summed E-state index contributed by atoms with van der Waals surface area (Å²) in [4.78, 5) is 0. The fourth-order valence-corrected chi connectivity index (χ4v) is 4.45. The molecule has 1 aromatic carbocycles. The summed E-state index contributed by atoms with van der Waals surface area (Å²) in [6.07, 6.45) is 1.18. The Hall–Kier alpha value is -0.340. The number of para-hydroxylation sites is 1. The lowest BCUT2D eigenvalue weighted by Crippen LogP contribution is -2.16. The Bertz CT molecular complexity index is 382. The van der Waals surface area contributed by atoms with Crippen molar-refractivity contribution in [2.75, 3.05) is 18.1 Å². The van der Waals surface area contributed by atoms with E-state index in [1.54, 1.807) is 0 Å². The molecule has 3 heteroatoms. The van der Waals surface area contributed by atoms with E-state index in [9.17, 15) is 0 Å². The minimum Gasteiger partial charge on any atom is -0.493 e. The van der Waals surface area contributed by atoms with Crippen LogP contribution in [0.25, 0.3) is 0 Å². The van der Waals surface area contributed by atoms with Gasteiger partial charge in [0.05, 0.1) is 6.61 Å². The quantitative estimate of drug-likeness (QED) is 0.747. The Balaban J connectivity index is 1.73. The molecule has 2 aliphatic rings. The topological polar surface area (TPSA) is 9.23 Å². The van der Waals surface area contributed by atoms with E-state index in [0.29, 0.717) is 17.2 Å². The van der Waals surface area contributed by atoms with E-state index in [1.807, 2.05) is 17.8 Å². The molecule has 2 heterocycles. The molecule has 16 heavy (non-hydrogen) atoms. The van der Waals surface area contributed by atoms with Crippen molar-refractivity contribution in [1.29, 1.82) is 0 Å². The van der Waals surface area contributed by atoms with E-state index in [-0.39, 0.29) is 0 Å². The Morgan fingerprint density at radius 2 is 2.19 bits per heavy atom. The van der Waals surface area contributed by atoms with Gasteiger partial charge in [0, 0.05) is 22.6 Å². The molecule has 1 aromatic rings. The van der Waals surface area contributed by atoms with Crippen LogP contribution in [0.5, 0.6) is 5.75 Å². The summed E-state index contributed by atoms with van der Waals surface area (Å²) >= 11 is 8.30. The summed E-state index contributed by atoms with van der Waals surface area (Å²) in [5, 5.41) is 0.359. The van der Waals surface area contributed by atoms with Crippen LogP contribution < -0.4 is 4.74 Å². The van der Waals surface area contributed by atoms with Crippen LogP contribution in [0.15, 0.2) is 24.3 Å². The predicted octanol–water partition coefficient (Wildman–Crippen LogP) is 3.52. The monoisotopic (exact) mass is 254 g/mol. The van der Waals surface area contributed by atoms with Crippen molar-refractivity contribution in [2.45, 2.75) is 17.7 Å². The van der Waals surface area contributed by atoms with E-state index < -0.39 is 0 Å². The van der Waals surface area contributed by atoms with Crippen molar-refractivity contribution in [3.05, 3.63) is 29.8 Å². The summed E-state index contributed by atoms with van der Waals surface area (Å²) in [5.41, 5.74) is 1.38. The van der Waals surface area contributed by atoms with Gasteiger partial charge in [-0.1, -0.05) is 18.2 Å². The molecule has 0 bridgehead atoms. The molecule has 3 unspecified atom stereocenters. The van der Waals surface area contributed by atoms with Crippen LogP contribution in [0, 0.1) is 5.92 Å². The molecule has 0 radical (unpaired) electrons. The third-order valence-corrected chi connectivity index (χ3v) is 5.46. The number of rotatable bonds is 2. The average Bonchev–Trinajstić information content (AvgIpc) is 2.88. The lowest BCUT2D eigenvalue weighted by molar-refractivity contribution is 0.312. The zero-order valence-electron chi connectivity index (χ0n) is 9.06. The van der Waals surface area contributed by atoms with Crippen LogP contribution in [0.1, 0.15) is 17.9 Å². The van der Waals surface area contributed by atoms with Gasteiger partial charge in [0.2, 0.25) is 0 Å². The van der Waals surface area contributed by atoms with Crippen molar-refractivity contribution in [3.63, 3.8) is 0 Å². The third-order valence-electron chi connectivity index (χ3n) is 3.51. The van der Waals surface area contributed by atoms with Crippen LogP contribution >= 0.6 is 23.4 Å². The SMILES string of the molecule is ClC1CSCC1CC1COc2ccccc21. The molecule has 1 saturated heterocycles. The lowest BCUT2D eigenvalue weighted by atomic mass is 9.90. The normalized spacial score (nSPS) is 32.4. The van der Waals surface area contributed by atoms with Gasteiger partial charge in [0.15, 0.2) is 0 Å². The molecular weight excluding hydrogens is 240 g/mol. The van der Waals surface area contributed by atoms with Gasteiger partial charge in [-0.15, -0.1) is 11.6 Å². The van der Waals surface area contributed by atoms with E-state index in [0.717, 1.165) is 18.1 Å². The van der Waals surface area contributed by atoms with Gasteiger partial charge in [-0.3, -0.25) is 0 Å². The van der Waals surface area contributed by atoms with Crippen LogP contribution in [-0.2, 0) is 0 Å². The average molecular weight is 255 g/mol. The maximum atomic E-state index is 6.32. The van der Waals surface area contributed by atoms with Gasteiger partial charge in [-0.05, 0) is 24.2 Å². The van der Waals surface area contributed by atoms with Gasteiger partial charge in [-0.25, -0.2) is 0 Å². The van der Waals surface area contributed by atoms with Gasteiger partial charge in [0.1, 0.15) is 5.75 Å². The van der Waals surface area contributed by atoms with Crippen molar-refractivity contribution >= 4 is 23.4 Å². The minimum atomic E-state index is 0.359. The standard InChI is InChI=1S/C13H15ClOS/c14-12-8-16-7-10(12)5-9-6-15-13-4-2-1-3-11(9)13/h1-4,9-10,12H,5-8H2. The highest BCUT2D eigenvalue weighted by Gasteiger charge is 2.32. The molecule has 0 aliphatic carbocycles. The molecule has 0 amide bonds. The third kappa shape index (κ3) is 1.93. The number of hydrogen-bond acceptors (Lipinski definition) is 2. The minimum absolute atomic E-state index is 0.359. The van der Waals surface area contributed by atoms with E-state index in [1.165, 1.54) is 17.7 Å². The molecule has 0 aromatic heterocycles. The molecular formula is C13H15ClOS. The number of benzene rings is 1. The molecule has 3 atom stereocenters. The van der Waals surface area contributed by atoms with E-state index >= 15 is 0 Å². The van der Waals surface area contributed by atoms with Crippen LogP contribution in [0.3, 0.4) is 0 Å². The molecule has 86 valence electrons.